The first kappa shape index (κ1) is 13.6. The van der Waals surface area contributed by atoms with Gasteiger partial charge in [0.25, 0.3) is 0 Å². The summed E-state index contributed by atoms with van der Waals surface area (Å²) in [5.74, 6) is -1.71. The summed E-state index contributed by atoms with van der Waals surface area (Å²) in [6.45, 7) is 1.06. The number of carbonyl (C=O) groups is 2. The maximum Gasteiger partial charge on any atom is 0.335 e. The third-order valence-electron chi connectivity index (χ3n) is 3.20. The SMILES string of the molecule is O=C(O)c1cc(Cl)nc(N2CCC(C(=O)O)CC2)c1. The number of aliphatic carboxylic acids is 1. The number of anilines is 1. The van der Waals surface area contributed by atoms with Gasteiger partial charge in [-0.25, -0.2) is 9.78 Å². The van der Waals surface area contributed by atoms with Crippen molar-refractivity contribution in [3.63, 3.8) is 0 Å². The van der Waals surface area contributed by atoms with Gasteiger partial charge in [0.1, 0.15) is 11.0 Å². The molecule has 0 amide bonds. The lowest BCUT2D eigenvalue weighted by Crippen LogP contribution is -2.36. The third kappa shape index (κ3) is 3.14. The maximum atomic E-state index is 10.9. The topological polar surface area (TPSA) is 90.7 Å². The zero-order valence-corrected chi connectivity index (χ0v) is 10.8. The van der Waals surface area contributed by atoms with Crippen molar-refractivity contribution in [1.29, 1.82) is 0 Å². The fourth-order valence-corrected chi connectivity index (χ4v) is 2.33. The number of carboxylic acids is 2. The molecule has 0 radical (unpaired) electrons. The van der Waals surface area contributed by atoms with Gasteiger partial charge in [0, 0.05) is 13.1 Å². The van der Waals surface area contributed by atoms with Crippen molar-refractivity contribution in [1.82, 2.24) is 4.98 Å². The number of aromatic nitrogens is 1. The molecule has 1 aliphatic rings. The molecule has 102 valence electrons. The molecule has 0 bridgehead atoms. The Morgan fingerprint density at radius 2 is 1.89 bits per heavy atom. The predicted octanol–water partition coefficient (Wildman–Crippen LogP) is 1.73. The van der Waals surface area contributed by atoms with E-state index in [-0.39, 0.29) is 16.6 Å². The minimum atomic E-state index is -1.06. The van der Waals surface area contributed by atoms with E-state index in [0.29, 0.717) is 31.7 Å². The van der Waals surface area contributed by atoms with E-state index in [0.717, 1.165) is 0 Å². The molecule has 1 fully saturated rings. The number of halogens is 1. The Bertz CT molecular complexity index is 512. The Labute approximate surface area is 114 Å². The van der Waals surface area contributed by atoms with Gasteiger partial charge < -0.3 is 15.1 Å². The molecule has 19 heavy (non-hydrogen) atoms. The van der Waals surface area contributed by atoms with Gasteiger partial charge in [-0.2, -0.15) is 0 Å². The summed E-state index contributed by atoms with van der Waals surface area (Å²) in [7, 11) is 0. The molecule has 0 atom stereocenters. The number of carboxylic acid groups (broad SMARTS) is 2. The molecule has 0 spiro atoms. The van der Waals surface area contributed by atoms with E-state index >= 15 is 0 Å². The van der Waals surface area contributed by atoms with E-state index in [2.05, 4.69) is 4.98 Å². The van der Waals surface area contributed by atoms with Crippen LogP contribution in [0.1, 0.15) is 23.2 Å². The summed E-state index contributed by atoms with van der Waals surface area (Å²) in [5.41, 5.74) is 0.0790. The number of hydrogen-bond donors (Lipinski definition) is 2. The van der Waals surface area contributed by atoms with Gasteiger partial charge in [-0.3, -0.25) is 4.79 Å². The van der Waals surface area contributed by atoms with Crippen molar-refractivity contribution >= 4 is 29.4 Å². The van der Waals surface area contributed by atoms with Crippen molar-refractivity contribution in [2.24, 2.45) is 5.92 Å². The zero-order chi connectivity index (χ0) is 14.0. The van der Waals surface area contributed by atoms with Crippen molar-refractivity contribution in [3.8, 4) is 0 Å². The van der Waals surface area contributed by atoms with Crippen LogP contribution in [0, 0.1) is 5.92 Å². The molecule has 0 aliphatic carbocycles. The number of pyridine rings is 1. The Morgan fingerprint density at radius 1 is 1.26 bits per heavy atom. The third-order valence-corrected chi connectivity index (χ3v) is 3.39. The monoisotopic (exact) mass is 284 g/mol. The Hall–Kier alpha value is -1.82. The van der Waals surface area contributed by atoms with E-state index in [9.17, 15) is 9.59 Å². The van der Waals surface area contributed by atoms with Gasteiger partial charge in [-0.15, -0.1) is 0 Å². The van der Waals surface area contributed by atoms with Gasteiger partial charge in [0.2, 0.25) is 0 Å². The summed E-state index contributed by atoms with van der Waals surface area (Å²) in [6, 6.07) is 2.74. The van der Waals surface area contributed by atoms with Gasteiger partial charge in [-0.05, 0) is 25.0 Å². The van der Waals surface area contributed by atoms with Crippen molar-refractivity contribution in [3.05, 3.63) is 22.8 Å². The second-order valence-electron chi connectivity index (χ2n) is 4.44. The summed E-state index contributed by atoms with van der Waals surface area (Å²) in [4.78, 5) is 27.8. The lowest BCUT2D eigenvalue weighted by atomic mass is 9.97. The molecule has 0 aromatic carbocycles. The minimum absolute atomic E-state index is 0.0790. The molecule has 6 nitrogen and oxygen atoms in total. The Balaban J connectivity index is 2.15. The van der Waals surface area contributed by atoms with Gasteiger partial charge in [-0.1, -0.05) is 11.6 Å². The molecule has 2 N–H and O–H groups in total. The normalized spacial score (nSPS) is 16.4. The highest BCUT2D eigenvalue weighted by molar-refractivity contribution is 6.29. The molecule has 1 aromatic heterocycles. The molecule has 0 saturated carbocycles. The minimum Gasteiger partial charge on any atom is -0.481 e. The van der Waals surface area contributed by atoms with Crippen LogP contribution in [0.5, 0.6) is 0 Å². The smallest absolute Gasteiger partial charge is 0.335 e. The molecule has 7 heteroatoms. The summed E-state index contributed by atoms with van der Waals surface area (Å²) in [6.07, 6.45) is 1.04. The standard InChI is InChI=1S/C12H13ClN2O4/c13-9-5-8(12(18)19)6-10(14-9)15-3-1-7(2-4-15)11(16)17/h5-7H,1-4H2,(H,16,17)(H,18,19). The van der Waals surface area contributed by atoms with Crippen molar-refractivity contribution in [2.75, 3.05) is 18.0 Å². The van der Waals surface area contributed by atoms with Gasteiger partial charge in [0.05, 0.1) is 11.5 Å². The first-order chi connectivity index (χ1) is 8.97. The van der Waals surface area contributed by atoms with E-state index in [4.69, 9.17) is 21.8 Å². The zero-order valence-electron chi connectivity index (χ0n) is 10.0. The van der Waals surface area contributed by atoms with Crippen LogP contribution < -0.4 is 4.90 Å². The highest BCUT2D eigenvalue weighted by Crippen LogP contribution is 2.24. The fourth-order valence-electron chi connectivity index (χ4n) is 2.12. The average Bonchev–Trinajstić information content (AvgIpc) is 2.38. The second-order valence-corrected chi connectivity index (χ2v) is 4.83. The first-order valence-electron chi connectivity index (χ1n) is 5.86. The first-order valence-corrected chi connectivity index (χ1v) is 6.24. The van der Waals surface area contributed by atoms with Crippen molar-refractivity contribution < 1.29 is 19.8 Å². The highest BCUT2D eigenvalue weighted by Gasteiger charge is 2.25. The number of hydrogen-bond acceptors (Lipinski definition) is 4. The molecular formula is C12H13ClN2O4. The van der Waals surface area contributed by atoms with Crippen LogP contribution >= 0.6 is 11.6 Å². The molecular weight excluding hydrogens is 272 g/mol. The Morgan fingerprint density at radius 3 is 2.42 bits per heavy atom. The van der Waals surface area contributed by atoms with Crippen LogP contribution in [0.2, 0.25) is 5.15 Å². The van der Waals surface area contributed by atoms with Gasteiger partial charge >= 0.3 is 11.9 Å². The second kappa shape index (κ2) is 5.44. The number of rotatable bonds is 3. The Kier molecular flexibility index (Phi) is 3.90. The van der Waals surface area contributed by atoms with Crippen LogP contribution in [0.4, 0.5) is 5.82 Å². The van der Waals surface area contributed by atoms with Crippen LogP contribution in [0.15, 0.2) is 12.1 Å². The largest absolute Gasteiger partial charge is 0.481 e. The highest BCUT2D eigenvalue weighted by atomic mass is 35.5. The van der Waals surface area contributed by atoms with Crippen LogP contribution in [0.3, 0.4) is 0 Å². The fraction of sp³-hybridized carbons (Fsp3) is 0.417. The number of aromatic carboxylic acids is 1. The van der Waals surface area contributed by atoms with E-state index in [1.54, 1.807) is 0 Å². The molecule has 2 rings (SSSR count). The summed E-state index contributed by atoms with van der Waals surface area (Å²) in [5, 5.41) is 18.0. The van der Waals surface area contributed by atoms with Crippen LogP contribution in [-0.2, 0) is 4.79 Å². The summed E-state index contributed by atoms with van der Waals surface area (Å²) < 4.78 is 0. The molecule has 0 unspecified atom stereocenters. The molecule has 1 saturated heterocycles. The average molecular weight is 285 g/mol. The summed E-state index contributed by atoms with van der Waals surface area (Å²) >= 11 is 5.80. The maximum absolute atomic E-state index is 10.9. The quantitative estimate of drug-likeness (QED) is 0.822. The van der Waals surface area contributed by atoms with E-state index in [1.807, 2.05) is 4.90 Å². The molecule has 1 aromatic rings. The molecule has 1 aliphatic heterocycles. The molecule has 2 heterocycles. The number of nitrogens with zero attached hydrogens (tertiary/aromatic N) is 2. The lowest BCUT2D eigenvalue weighted by Gasteiger charge is -2.31. The van der Waals surface area contributed by atoms with E-state index < -0.39 is 11.9 Å². The lowest BCUT2D eigenvalue weighted by molar-refractivity contribution is -0.142. The van der Waals surface area contributed by atoms with Crippen LogP contribution in [0.25, 0.3) is 0 Å². The van der Waals surface area contributed by atoms with Crippen molar-refractivity contribution in [2.45, 2.75) is 12.8 Å². The predicted molar refractivity (Wildman–Crippen MR) is 68.8 cm³/mol. The van der Waals surface area contributed by atoms with Gasteiger partial charge in [0.15, 0.2) is 0 Å². The number of piperidine rings is 1. The van der Waals surface area contributed by atoms with E-state index in [1.165, 1.54) is 12.1 Å². The van der Waals surface area contributed by atoms with Crippen LogP contribution in [-0.4, -0.2) is 40.2 Å².